The Morgan fingerprint density at radius 1 is 1.20 bits per heavy atom. The minimum atomic E-state index is 0.646. The van der Waals surface area contributed by atoms with Crippen LogP contribution in [0.15, 0.2) is 28.7 Å². The molecule has 0 fully saturated rings. The van der Waals surface area contributed by atoms with Crippen LogP contribution in [0.25, 0.3) is 0 Å². The lowest BCUT2D eigenvalue weighted by atomic mass is 9.90. The Morgan fingerprint density at radius 3 is 2.27 bits per heavy atom. The van der Waals surface area contributed by atoms with E-state index in [1.165, 1.54) is 18.4 Å². The first kappa shape index (κ1) is 13.2. The van der Waals surface area contributed by atoms with Crippen molar-refractivity contribution in [3.8, 4) is 0 Å². The molecule has 0 aliphatic carbocycles. The first-order chi connectivity index (χ1) is 7.17. The summed E-state index contributed by atoms with van der Waals surface area (Å²) in [6.45, 7) is 4.59. The average molecular weight is 334 g/mol. The van der Waals surface area contributed by atoms with Gasteiger partial charge >= 0.3 is 0 Å². The van der Waals surface area contributed by atoms with Crippen LogP contribution < -0.4 is 0 Å². The van der Waals surface area contributed by atoms with Crippen LogP contribution in [0, 0.1) is 5.92 Å². The summed E-state index contributed by atoms with van der Waals surface area (Å²) in [5.74, 6) is 1.45. The Kier molecular flexibility index (Phi) is 5.91. The summed E-state index contributed by atoms with van der Waals surface area (Å²) in [7, 11) is 0. The maximum atomic E-state index is 3.62. The fourth-order valence-electron chi connectivity index (χ4n) is 1.68. The second-order valence-electron chi connectivity index (χ2n) is 4.15. The van der Waals surface area contributed by atoms with Crippen LogP contribution in [-0.4, -0.2) is 5.33 Å². The van der Waals surface area contributed by atoms with Gasteiger partial charge in [-0.2, -0.15) is 0 Å². The standard InChI is InChI=1S/C13H18Br2/c1-3-10(2)8-12(9-14)11-4-6-13(15)7-5-11/h4-7,10,12H,3,8-9H2,1-2H3. The maximum Gasteiger partial charge on any atom is 0.0175 e. The predicted octanol–water partition coefficient (Wildman–Crippen LogP) is 5.36. The Hall–Kier alpha value is 0.180. The summed E-state index contributed by atoms with van der Waals surface area (Å²) in [4.78, 5) is 0. The van der Waals surface area contributed by atoms with Gasteiger partial charge in [0, 0.05) is 9.80 Å². The molecule has 0 bridgehead atoms. The van der Waals surface area contributed by atoms with E-state index < -0.39 is 0 Å². The largest absolute Gasteiger partial charge is 0.0921 e. The van der Waals surface area contributed by atoms with Crippen molar-refractivity contribution < 1.29 is 0 Å². The zero-order valence-electron chi connectivity index (χ0n) is 9.34. The number of hydrogen-bond donors (Lipinski definition) is 0. The van der Waals surface area contributed by atoms with E-state index in [1.54, 1.807) is 0 Å². The predicted molar refractivity (Wildman–Crippen MR) is 74.7 cm³/mol. The summed E-state index contributed by atoms with van der Waals surface area (Å²) in [5, 5.41) is 1.05. The van der Waals surface area contributed by atoms with Crippen LogP contribution in [0.1, 0.15) is 38.2 Å². The van der Waals surface area contributed by atoms with Gasteiger partial charge in [0.1, 0.15) is 0 Å². The number of hydrogen-bond acceptors (Lipinski definition) is 0. The van der Waals surface area contributed by atoms with Gasteiger partial charge in [-0.1, -0.05) is 64.3 Å². The molecule has 0 spiro atoms. The summed E-state index contributed by atoms with van der Waals surface area (Å²) in [6, 6.07) is 8.69. The average Bonchev–Trinajstić information content (AvgIpc) is 2.27. The lowest BCUT2D eigenvalue weighted by molar-refractivity contribution is 0.475. The van der Waals surface area contributed by atoms with Gasteiger partial charge in [-0.25, -0.2) is 0 Å². The lowest BCUT2D eigenvalue weighted by Crippen LogP contribution is -2.05. The molecule has 1 aromatic carbocycles. The Balaban J connectivity index is 2.69. The molecule has 2 heteroatoms. The molecule has 0 aliphatic rings. The highest BCUT2D eigenvalue weighted by molar-refractivity contribution is 9.10. The van der Waals surface area contributed by atoms with Crippen LogP contribution in [0.4, 0.5) is 0 Å². The molecule has 0 amide bonds. The molecule has 0 aliphatic heterocycles. The fourth-order valence-corrected chi connectivity index (χ4v) is 2.58. The molecule has 0 saturated carbocycles. The van der Waals surface area contributed by atoms with E-state index in [2.05, 4.69) is 70.0 Å². The summed E-state index contributed by atoms with van der Waals surface area (Å²) in [6.07, 6.45) is 2.53. The smallest absolute Gasteiger partial charge is 0.0175 e. The van der Waals surface area contributed by atoms with Crippen molar-refractivity contribution in [3.63, 3.8) is 0 Å². The molecule has 1 aromatic rings. The molecule has 0 nitrogen and oxygen atoms in total. The minimum Gasteiger partial charge on any atom is -0.0921 e. The van der Waals surface area contributed by atoms with Crippen LogP contribution in [0.3, 0.4) is 0 Å². The van der Waals surface area contributed by atoms with Gasteiger partial charge in [0.15, 0.2) is 0 Å². The molecule has 0 radical (unpaired) electrons. The van der Waals surface area contributed by atoms with Crippen molar-refractivity contribution in [2.75, 3.05) is 5.33 Å². The Morgan fingerprint density at radius 2 is 1.80 bits per heavy atom. The molecule has 0 saturated heterocycles. The summed E-state index contributed by atoms with van der Waals surface area (Å²) < 4.78 is 1.16. The van der Waals surface area contributed by atoms with Gasteiger partial charge in [-0.3, -0.25) is 0 Å². The van der Waals surface area contributed by atoms with Crippen molar-refractivity contribution in [2.24, 2.45) is 5.92 Å². The van der Waals surface area contributed by atoms with Gasteiger partial charge in [-0.05, 0) is 36.0 Å². The van der Waals surface area contributed by atoms with Crippen LogP contribution in [0.5, 0.6) is 0 Å². The van der Waals surface area contributed by atoms with Crippen molar-refractivity contribution in [3.05, 3.63) is 34.3 Å². The molecule has 0 heterocycles. The fraction of sp³-hybridized carbons (Fsp3) is 0.538. The van der Waals surface area contributed by atoms with E-state index in [1.807, 2.05) is 0 Å². The topological polar surface area (TPSA) is 0 Å². The minimum absolute atomic E-state index is 0.646. The number of rotatable bonds is 5. The molecule has 0 N–H and O–H groups in total. The van der Waals surface area contributed by atoms with Crippen LogP contribution in [-0.2, 0) is 0 Å². The second-order valence-corrected chi connectivity index (χ2v) is 5.72. The van der Waals surface area contributed by atoms with E-state index in [0.717, 1.165) is 15.7 Å². The van der Waals surface area contributed by atoms with Gasteiger partial charge in [0.05, 0.1) is 0 Å². The van der Waals surface area contributed by atoms with Crippen LogP contribution >= 0.6 is 31.9 Å². The molecule has 84 valence electrons. The zero-order valence-corrected chi connectivity index (χ0v) is 12.5. The number of halogens is 2. The zero-order chi connectivity index (χ0) is 11.3. The highest BCUT2D eigenvalue weighted by Gasteiger charge is 2.13. The van der Waals surface area contributed by atoms with E-state index >= 15 is 0 Å². The maximum absolute atomic E-state index is 3.62. The highest BCUT2D eigenvalue weighted by Crippen LogP contribution is 2.28. The Bertz CT molecular complexity index is 279. The van der Waals surface area contributed by atoms with Crippen molar-refractivity contribution in [1.82, 2.24) is 0 Å². The quantitative estimate of drug-likeness (QED) is 0.636. The second kappa shape index (κ2) is 6.70. The summed E-state index contributed by atoms with van der Waals surface area (Å²) in [5.41, 5.74) is 1.44. The monoisotopic (exact) mass is 332 g/mol. The Labute approximate surface area is 110 Å². The first-order valence-corrected chi connectivity index (χ1v) is 7.40. The summed E-state index contributed by atoms with van der Waals surface area (Å²) >= 11 is 7.09. The van der Waals surface area contributed by atoms with Crippen molar-refractivity contribution >= 4 is 31.9 Å². The first-order valence-electron chi connectivity index (χ1n) is 5.48. The molecular formula is C13H18Br2. The van der Waals surface area contributed by atoms with Gasteiger partial charge < -0.3 is 0 Å². The molecule has 2 atom stereocenters. The SMILES string of the molecule is CCC(C)CC(CBr)c1ccc(Br)cc1. The molecule has 2 unspecified atom stereocenters. The van der Waals surface area contributed by atoms with E-state index in [0.29, 0.717) is 5.92 Å². The van der Waals surface area contributed by atoms with Gasteiger partial charge in [0.25, 0.3) is 0 Å². The van der Waals surface area contributed by atoms with E-state index in [-0.39, 0.29) is 0 Å². The van der Waals surface area contributed by atoms with Crippen LogP contribution in [0.2, 0.25) is 0 Å². The van der Waals surface area contributed by atoms with Gasteiger partial charge in [0.2, 0.25) is 0 Å². The van der Waals surface area contributed by atoms with Gasteiger partial charge in [-0.15, -0.1) is 0 Å². The van der Waals surface area contributed by atoms with E-state index in [4.69, 9.17) is 0 Å². The third-order valence-corrected chi connectivity index (χ3v) is 4.22. The van der Waals surface area contributed by atoms with Crippen molar-refractivity contribution in [1.29, 1.82) is 0 Å². The van der Waals surface area contributed by atoms with E-state index in [9.17, 15) is 0 Å². The normalized spacial score (nSPS) is 14.9. The number of alkyl halides is 1. The highest BCUT2D eigenvalue weighted by atomic mass is 79.9. The third kappa shape index (κ3) is 4.28. The lowest BCUT2D eigenvalue weighted by Gasteiger charge is -2.18. The molecule has 0 aromatic heterocycles. The molecular weight excluding hydrogens is 316 g/mol. The number of benzene rings is 1. The van der Waals surface area contributed by atoms with Crippen molar-refractivity contribution in [2.45, 2.75) is 32.6 Å². The third-order valence-electron chi connectivity index (χ3n) is 2.91. The molecule has 1 rings (SSSR count). The molecule has 15 heavy (non-hydrogen) atoms.